The molecule has 1 aromatic carbocycles. The zero-order valence-corrected chi connectivity index (χ0v) is 8.59. The van der Waals surface area contributed by atoms with Gasteiger partial charge in [-0.2, -0.15) is 13.2 Å². The highest BCUT2D eigenvalue weighted by Gasteiger charge is 2.28. The fraction of sp³-hybridized carbons (Fsp3) is 0.250. The number of halogens is 3. The van der Waals surface area contributed by atoms with Gasteiger partial charge in [-0.1, -0.05) is 5.11 Å². The van der Waals surface area contributed by atoms with E-state index in [2.05, 4.69) is 14.8 Å². The van der Waals surface area contributed by atoms with Gasteiger partial charge in [0, 0.05) is 16.7 Å². The quantitative estimate of drug-likeness (QED) is 0.273. The summed E-state index contributed by atoms with van der Waals surface area (Å²) >= 11 is 0. The van der Waals surface area contributed by atoms with Gasteiger partial charge in [-0.25, -0.2) is 0 Å². The Balaban J connectivity index is 3.03. The average molecular weight is 262 g/mol. The van der Waals surface area contributed by atoms with Crippen LogP contribution >= 0.6 is 0 Å². The summed E-state index contributed by atoms with van der Waals surface area (Å²) in [5.74, 6) is -0.399. The van der Waals surface area contributed by atoms with Crippen LogP contribution in [0, 0.1) is 10.1 Å². The molecule has 0 heterocycles. The molecular weight excluding hydrogens is 257 g/mol. The zero-order chi connectivity index (χ0) is 13.8. The second kappa shape index (κ2) is 5.23. The highest BCUT2D eigenvalue weighted by Crippen LogP contribution is 2.29. The molecule has 0 aromatic heterocycles. The van der Waals surface area contributed by atoms with Crippen molar-refractivity contribution in [1.29, 1.82) is 0 Å². The van der Waals surface area contributed by atoms with Crippen LogP contribution in [0.1, 0.15) is 0 Å². The molecule has 0 fully saturated rings. The number of ether oxygens (including phenoxy) is 1. The van der Waals surface area contributed by atoms with Crippen molar-refractivity contribution in [1.82, 2.24) is 0 Å². The molecule has 0 saturated carbocycles. The molecule has 0 radical (unpaired) electrons. The van der Waals surface area contributed by atoms with E-state index in [0.717, 1.165) is 18.2 Å². The van der Waals surface area contributed by atoms with Gasteiger partial charge in [-0.05, 0) is 11.6 Å². The standard InChI is InChI=1S/C8H5F3N4O3/c9-8(10,11)4-18-7-2-5(13-14-12)1-6(3-7)15(16)17/h1-3H,4H2. The Hall–Kier alpha value is -2.48. The van der Waals surface area contributed by atoms with E-state index in [1.54, 1.807) is 0 Å². The third-order valence-electron chi connectivity index (χ3n) is 1.65. The molecule has 18 heavy (non-hydrogen) atoms. The van der Waals surface area contributed by atoms with Gasteiger partial charge in [0.1, 0.15) is 5.75 Å². The number of hydrogen-bond acceptors (Lipinski definition) is 4. The Labute approximate surface area is 97.6 Å². The summed E-state index contributed by atoms with van der Waals surface area (Å²) in [5, 5.41) is 13.6. The summed E-state index contributed by atoms with van der Waals surface area (Å²) in [7, 11) is 0. The van der Waals surface area contributed by atoms with Gasteiger partial charge in [-0.3, -0.25) is 10.1 Å². The number of rotatable bonds is 4. The summed E-state index contributed by atoms with van der Waals surface area (Å²) in [6, 6.07) is 2.70. The van der Waals surface area contributed by atoms with Gasteiger partial charge in [0.25, 0.3) is 5.69 Å². The van der Waals surface area contributed by atoms with E-state index in [4.69, 9.17) is 5.53 Å². The molecule has 0 unspecified atom stereocenters. The molecule has 1 rings (SSSR count). The van der Waals surface area contributed by atoms with Crippen LogP contribution < -0.4 is 4.74 Å². The van der Waals surface area contributed by atoms with E-state index in [1.165, 1.54) is 0 Å². The van der Waals surface area contributed by atoms with Crippen molar-refractivity contribution in [2.75, 3.05) is 6.61 Å². The molecule has 7 nitrogen and oxygen atoms in total. The molecule has 0 bridgehead atoms. The maximum Gasteiger partial charge on any atom is 0.422 e. The van der Waals surface area contributed by atoms with Gasteiger partial charge in [0.15, 0.2) is 6.61 Å². The van der Waals surface area contributed by atoms with Crippen molar-refractivity contribution in [2.24, 2.45) is 5.11 Å². The normalized spacial score (nSPS) is 10.6. The SMILES string of the molecule is [N-]=[N+]=Nc1cc(OCC(F)(F)F)cc([N+](=O)[O-])c1. The molecule has 10 heteroatoms. The number of alkyl halides is 3. The first-order chi connectivity index (χ1) is 8.31. The lowest BCUT2D eigenvalue weighted by molar-refractivity contribution is -0.384. The third-order valence-corrected chi connectivity index (χ3v) is 1.65. The van der Waals surface area contributed by atoms with Crippen LogP contribution in [-0.4, -0.2) is 17.7 Å². The number of benzene rings is 1. The molecule has 0 saturated heterocycles. The Morgan fingerprint density at radius 1 is 1.44 bits per heavy atom. The van der Waals surface area contributed by atoms with Gasteiger partial charge >= 0.3 is 6.18 Å². The highest BCUT2D eigenvalue weighted by atomic mass is 19.4. The first kappa shape index (κ1) is 13.6. The minimum atomic E-state index is -4.57. The highest BCUT2D eigenvalue weighted by molar-refractivity contribution is 5.52. The van der Waals surface area contributed by atoms with Crippen molar-refractivity contribution >= 4 is 11.4 Å². The maximum atomic E-state index is 11.9. The van der Waals surface area contributed by atoms with E-state index in [9.17, 15) is 23.3 Å². The van der Waals surface area contributed by atoms with Gasteiger partial charge in [-0.15, -0.1) is 0 Å². The fourth-order valence-electron chi connectivity index (χ4n) is 1.03. The predicted molar refractivity (Wildman–Crippen MR) is 53.5 cm³/mol. The monoisotopic (exact) mass is 262 g/mol. The number of azide groups is 1. The Bertz CT molecular complexity index is 491. The lowest BCUT2D eigenvalue weighted by Crippen LogP contribution is -2.19. The Morgan fingerprint density at radius 2 is 2.11 bits per heavy atom. The van der Waals surface area contributed by atoms with E-state index >= 15 is 0 Å². The predicted octanol–water partition coefficient (Wildman–Crippen LogP) is 3.48. The summed E-state index contributed by atoms with van der Waals surface area (Å²) in [4.78, 5) is 12.0. The number of nitro benzene ring substituents is 1. The second-order valence-electron chi connectivity index (χ2n) is 3.04. The van der Waals surface area contributed by atoms with Crippen molar-refractivity contribution in [3.8, 4) is 5.75 Å². The average Bonchev–Trinajstić information content (AvgIpc) is 2.25. The van der Waals surface area contributed by atoms with Gasteiger partial charge in [0.2, 0.25) is 0 Å². The molecule has 0 aliphatic rings. The molecule has 96 valence electrons. The minimum Gasteiger partial charge on any atom is -0.484 e. The zero-order valence-electron chi connectivity index (χ0n) is 8.59. The first-order valence-corrected chi connectivity index (χ1v) is 4.36. The van der Waals surface area contributed by atoms with Crippen LogP contribution in [0.25, 0.3) is 10.4 Å². The number of nitrogens with zero attached hydrogens (tertiary/aromatic N) is 4. The van der Waals surface area contributed by atoms with Crippen LogP contribution in [-0.2, 0) is 0 Å². The first-order valence-electron chi connectivity index (χ1n) is 4.36. The van der Waals surface area contributed by atoms with E-state index in [1.807, 2.05) is 0 Å². The van der Waals surface area contributed by atoms with Crippen LogP contribution in [0.4, 0.5) is 24.5 Å². The molecule has 0 aliphatic heterocycles. The van der Waals surface area contributed by atoms with Crippen molar-refractivity contribution in [2.45, 2.75) is 6.18 Å². The Morgan fingerprint density at radius 3 is 2.61 bits per heavy atom. The Kier molecular flexibility index (Phi) is 3.95. The van der Waals surface area contributed by atoms with Crippen LogP contribution in [0.2, 0.25) is 0 Å². The summed E-state index contributed by atoms with van der Waals surface area (Å²) in [6.07, 6.45) is -4.57. The minimum absolute atomic E-state index is 0.205. The number of non-ortho nitro benzene ring substituents is 1. The molecule has 0 amide bonds. The molecule has 0 N–H and O–H groups in total. The lowest BCUT2D eigenvalue weighted by atomic mass is 10.2. The molecular formula is C8H5F3N4O3. The second-order valence-corrected chi connectivity index (χ2v) is 3.04. The van der Waals surface area contributed by atoms with Crippen LogP contribution in [0.5, 0.6) is 5.75 Å². The molecule has 0 spiro atoms. The largest absolute Gasteiger partial charge is 0.484 e. The summed E-state index contributed by atoms with van der Waals surface area (Å²) in [5.41, 5.74) is 7.43. The van der Waals surface area contributed by atoms with Crippen molar-refractivity contribution in [3.05, 3.63) is 38.8 Å². The molecule has 1 aromatic rings. The third kappa shape index (κ3) is 4.18. The fourth-order valence-corrected chi connectivity index (χ4v) is 1.03. The summed E-state index contributed by atoms with van der Waals surface area (Å²) < 4.78 is 40.1. The number of nitro groups is 1. The van der Waals surface area contributed by atoms with Crippen LogP contribution in [0.15, 0.2) is 23.3 Å². The molecule has 0 aliphatic carbocycles. The van der Waals surface area contributed by atoms with Gasteiger partial charge < -0.3 is 4.74 Å². The number of hydrogen-bond donors (Lipinski definition) is 0. The summed E-state index contributed by atoms with van der Waals surface area (Å²) in [6.45, 7) is -1.59. The van der Waals surface area contributed by atoms with Crippen LogP contribution in [0.3, 0.4) is 0 Å². The lowest BCUT2D eigenvalue weighted by Gasteiger charge is -2.09. The van der Waals surface area contributed by atoms with E-state index in [0.29, 0.717) is 0 Å². The maximum absolute atomic E-state index is 11.9. The van der Waals surface area contributed by atoms with Gasteiger partial charge in [0.05, 0.1) is 11.0 Å². The molecule has 0 atom stereocenters. The van der Waals surface area contributed by atoms with E-state index in [-0.39, 0.29) is 5.69 Å². The topological polar surface area (TPSA) is 101 Å². The van der Waals surface area contributed by atoms with Crippen molar-refractivity contribution in [3.63, 3.8) is 0 Å². The smallest absolute Gasteiger partial charge is 0.422 e. The van der Waals surface area contributed by atoms with E-state index < -0.39 is 29.1 Å². The van der Waals surface area contributed by atoms with Crippen molar-refractivity contribution < 1.29 is 22.8 Å².